The first kappa shape index (κ1) is 9.77. The van der Waals surface area contributed by atoms with Crippen molar-refractivity contribution in [2.45, 2.75) is 19.4 Å². The summed E-state index contributed by atoms with van der Waals surface area (Å²) in [6, 6.07) is 0. The van der Waals surface area contributed by atoms with Gasteiger partial charge < -0.3 is 14.6 Å². The zero-order valence-corrected chi connectivity index (χ0v) is 7.45. The Morgan fingerprint density at radius 1 is 1.67 bits per heavy atom. The number of hydrogen-bond donors (Lipinski definition) is 1. The van der Waals surface area contributed by atoms with E-state index in [0.717, 1.165) is 19.5 Å². The first-order chi connectivity index (χ1) is 5.93. The highest BCUT2D eigenvalue weighted by atomic mass is 16.6. The molecule has 1 radical (unpaired) electrons. The Hall–Kier alpha value is -0.315. The van der Waals surface area contributed by atoms with Crippen LogP contribution in [-0.4, -0.2) is 33.5 Å². The molecule has 1 aliphatic rings. The first-order valence-electron chi connectivity index (χ1n) is 4.34. The largest absolute Gasteiger partial charge is 0.488 e. The van der Waals surface area contributed by atoms with Crippen LogP contribution in [0.15, 0.2) is 12.2 Å². The normalized spacial score (nSPS) is 26.2. The molecule has 0 bridgehead atoms. The summed E-state index contributed by atoms with van der Waals surface area (Å²) >= 11 is 0. The first-order valence-corrected chi connectivity index (χ1v) is 4.34. The predicted molar refractivity (Wildman–Crippen MR) is 48.9 cm³/mol. The fourth-order valence-corrected chi connectivity index (χ4v) is 1.03. The van der Waals surface area contributed by atoms with E-state index in [2.05, 4.69) is 11.4 Å². The van der Waals surface area contributed by atoms with Gasteiger partial charge in [-0.1, -0.05) is 12.2 Å². The summed E-state index contributed by atoms with van der Waals surface area (Å²) in [6.45, 7) is 4.49. The SMILES string of the molecule is C/C=C/CC1CNCCO[B]O1. The minimum atomic E-state index is 0.210. The molecule has 4 heteroatoms. The van der Waals surface area contributed by atoms with Gasteiger partial charge >= 0.3 is 7.69 Å². The van der Waals surface area contributed by atoms with E-state index in [-0.39, 0.29) is 6.10 Å². The van der Waals surface area contributed by atoms with Crippen molar-refractivity contribution in [2.24, 2.45) is 0 Å². The highest BCUT2D eigenvalue weighted by Crippen LogP contribution is 1.99. The van der Waals surface area contributed by atoms with E-state index < -0.39 is 0 Å². The molecule has 1 aliphatic heterocycles. The highest BCUT2D eigenvalue weighted by molar-refractivity contribution is 6.18. The topological polar surface area (TPSA) is 30.5 Å². The summed E-state index contributed by atoms with van der Waals surface area (Å²) in [6.07, 6.45) is 5.27. The Morgan fingerprint density at radius 2 is 2.58 bits per heavy atom. The Bertz CT molecular complexity index is 133. The Labute approximate surface area is 74.4 Å². The third-order valence-corrected chi connectivity index (χ3v) is 1.72. The fourth-order valence-electron chi connectivity index (χ4n) is 1.03. The molecule has 0 aromatic heterocycles. The maximum atomic E-state index is 5.32. The molecule has 1 rings (SSSR count). The zero-order chi connectivity index (χ0) is 8.65. The van der Waals surface area contributed by atoms with Crippen molar-refractivity contribution >= 4 is 7.69 Å². The molecule has 0 aromatic carbocycles. The predicted octanol–water partition coefficient (Wildman–Crippen LogP) is 0.492. The third-order valence-electron chi connectivity index (χ3n) is 1.72. The lowest BCUT2D eigenvalue weighted by atomic mass is 10.2. The quantitative estimate of drug-likeness (QED) is 0.480. The van der Waals surface area contributed by atoms with Crippen molar-refractivity contribution < 1.29 is 9.31 Å². The summed E-state index contributed by atoms with van der Waals surface area (Å²) in [7, 11) is 1.45. The second-order valence-electron chi connectivity index (χ2n) is 2.73. The molecule has 12 heavy (non-hydrogen) atoms. The summed E-state index contributed by atoms with van der Waals surface area (Å²) < 4.78 is 10.4. The number of nitrogens with one attached hydrogen (secondary N) is 1. The lowest BCUT2D eigenvalue weighted by Crippen LogP contribution is -2.36. The van der Waals surface area contributed by atoms with Crippen LogP contribution in [0.2, 0.25) is 0 Å². The summed E-state index contributed by atoms with van der Waals surface area (Å²) in [4.78, 5) is 0. The van der Waals surface area contributed by atoms with Crippen LogP contribution in [-0.2, 0) is 9.31 Å². The van der Waals surface area contributed by atoms with Crippen molar-refractivity contribution in [1.29, 1.82) is 0 Å². The van der Waals surface area contributed by atoms with E-state index in [1.807, 2.05) is 13.0 Å². The Kier molecular flexibility index (Phi) is 5.07. The van der Waals surface area contributed by atoms with Crippen molar-refractivity contribution in [3.63, 3.8) is 0 Å². The van der Waals surface area contributed by atoms with Crippen LogP contribution in [0.25, 0.3) is 0 Å². The van der Waals surface area contributed by atoms with Gasteiger partial charge in [0.25, 0.3) is 0 Å². The van der Waals surface area contributed by atoms with E-state index in [4.69, 9.17) is 9.31 Å². The van der Waals surface area contributed by atoms with Crippen molar-refractivity contribution in [3.8, 4) is 0 Å². The molecule has 1 atom stereocenters. The second-order valence-corrected chi connectivity index (χ2v) is 2.73. The molecule has 1 fully saturated rings. The minimum Gasteiger partial charge on any atom is -0.412 e. The highest BCUT2D eigenvalue weighted by Gasteiger charge is 2.10. The summed E-state index contributed by atoms with van der Waals surface area (Å²) in [5.41, 5.74) is 0. The van der Waals surface area contributed by atoms with E-state index in [1.165, 1.54) is 7.69 Å². The average Bonchev–Trinajstić information content (AvgIpc) is 2.02. The van der Waals surface area contributed by atoms with Gasteiger partial charge in [-0.2, -0.15) is 0 Å². The van der Waals surface area contributed by atoms with E-state index in [0.29, 0.717) is 6.61 Å². The smallest absolute Gasteiger partial charge is 0.412 e. The van der Waals surface area contributed by atoms with E-state index in [1.54, 1.807) is 0 Å². The van der Waals surface area contributed by atoms with Gasteiger partial charge in [-0.15, -0.1) is 0 Å². The van der Waals surface area contributed by atoms with Gasteiger partial charge in [0, 0.05) is 19.7 Å². The molecular weight excluding hydrogens is 153 g/mol. The van der Waals surface area contributed by atoms with Gasteiger partial charge in [0.05, 0.1) is 6.10 Å². The lowest BCUT2D eigenvalue weighted by molar-refractivity contribution is 0.136. The number of allylic oxidation sites excluding steroid dienone is 1. The standard InChI is InChI=1S/C8H15BNO2/c1-2-3-4-8-7-10-5-6-11-9-12-8/h2-3,8,10H,4-7H2,1H3/b3-2+. The van der Waals surface area contributed by atoms with Crippen molar-refractivity contribution in [3.05, 3.63) is 12.2 Å². The van der Waals surface area contributed by atoms with Gasteiger partial charge in [-0.25, -0.2) is 0 Å². The minimum absolute atomic E-state index is 0.210. The summed E-state index contributed by atoms with van der Waals surface area (Å²) in [5, 5.41) is 3.24. The van der Waals surface area contributed by atoms with Crippen LogP contribution >= 0.6 is 0 Å². The molecule has 1 heterocycles. The second kappa shape index (κ2) is 6.23. The number of hydrogen-bond acceptors (Lipinski definition) is 3. The molecule has 3 nitrogen and oxygen atoms in total. The molecule has 1 N–H and O–H groups in total. The fraction of sp³-hybridized carbons (Fsp3) is 0.750. The van der Waals surface area contributed by atoms with Gasteiger partial charge in [0.1, 0.15) is 0 Å². The Morgan fingerprint density at radius 3 is 3.42 bits per heavy atom. The third kappa shape index (κ3) is 3.90. The molecular formula is C8H15BNO2. The monoisotopic (exact) mass is 168 g/mol. The van der Waals surface area contributed by atoms with Crippen LogP contribution in [0.4, 0.5) is 0 Å². The molecule has 1 unspecified atom stereocenters. The van der Waals surface area contributed by atoms with Crippen LogP contribution in [0.3, 0.4) is 0 Å². The van der Waals surface area contributed by atoms with Gasteiger partial charge in [-0.3, -0.25) is 0 Å². The summed E-state index contributed by atoms with van der Waals surface area (Å²) in [5.74, 6) is 0. The van der Waals surface area contributed by atoms with E-state index >= 15 is 0 Å². The number of rotatable bonds is 2. The van der Waals surface area contributed by atoms with Gasteiger partial charge in [0.15, 0.2) is 0 Å². The van der Waals surface area contributed by atoms with Crippen molar-refractivity contribution in [2.75, 3.05) is 19.7 Å². The zero-order valence-electron chi connectivity index (χ0n) is 7.45. The molecule has 1 saturated heterocycles. The molecule has 0 amide bonds. The van der Waals surface area contributed by atoms with Crippen molar-refractivity contribution in [1.82, 2.24) is 5.32 Å². The maximum Gasteiger partial charge on any atom is 0.488 e. The van der Waals surface area contributed by atoms with Gasteiger partial charge in [-0.05, 0) is 13.3 Å². The van der Waals surface area contributed by atoms with Crippen LogP contribution < -0.4 is 5.32 Å². The maximum absolute atomic E-state index is 5.32. The van der Waals surface area contributed by atoms with Gasteiger partial charge in [0.2, 0.25) is 0 Å². The average molecular weight is 168 g/mol. The lowest BCUT2D eigenvalue weighted by Gasteiger charge is -2.19. The van der Waals surface area contributed by atoms with Crippen LogP contribution in [0, 0.1) is 0 Å². The molecule has 0 spiro atoms. The van der Waals surface area contributed by atoms with Crippen LogP contribution in [0.5, 0.6) is 0 Å². The molecule has 0 saturated carbocycles. The molecule has 0 aromatic rings. The molecule has 0 aliphatic carbocycles. The Balaban J connectivity index is 2.20. The molecule has 67 valence electrons. The van der Waals surface area contributed by atoms with Crippen LogP contribution in [0.1, 0.15) is 13.3 Å². The van der Waals surface area contributed by atoms with E-state index in [9.17, 15) is 0 Å².